The van der Waals surface area contributed by atoms with Crippen LogP contribution in [-0.4, -0.2) is 38.0 Å². The molecule has 0 aliphatic heterocycles. The van der Waals surface area contributed by atoms with Gasteiger partial charge in [-0.3, -0.25) is 4.79 Å². The Morgan fingerprint density at radius 3 is 2.33 bits per heavy atom. The van der Waals surface area contributed by atoms with Crippen LogP contribution in [0.2, 0.25) is 0 Å². The number of benzene rings is 2. The van der Waals surface area contributed by atoms with Gasteiger partial charge in [0.25, 0.3) is 5.91 Å². The molecule has 0 saturated heterocycles. The lowest BCUT2D eigenvalue weighted by Gasteiger charge is -2.11. The standard InChI is InChI=1S/C17H16F3NO5S/c1-2-27(24,25)13-7-8-15(22)14(9-13)21-16(23)11-3-5-12(6-4-11)26-10-17(18,19)20/h3-9,22H,2,10H2,1H3,(H,21,23). The highest BCUT2D eigenvalue weighted by Gasteiger charge is 2.28. The van der Waals surface area contributed by atoms with Crippen LogP contribution in [0.1, 0.15) is 17.3 Å². The van der Waals surface area contributed by atoms with Gasteiger partial charge in [-0.2, -0.15) is 13.2 Å². The smallest absolute Gasteiger partial charge is 0.422 e. The summed E-state index contributed by atoms with van der Waals surface area (Å²) in [5.41, 5.74) is -0.0237. The Bertz CT molecular complexity index is 925. The molecule has 2 aromatic rings. The molecule has 2 rings (SSSR count). The van der Waals surface area contributed by atoms with Gasteiger partial charge in [0.2, 0.25) is 0 Å². The topological polar surface area (TPSA) is 92.7 Å². The summed E-state index contributed by atoms with van der Waals surface area (Å²) in [5, 5.41) is 12.2. The van der Waals surface area contributed by atoms with Gasteiger partial charge in [0, 0.05) is 5.56 Å². The minimum atomic E-state index is -4.47. The average molecular weight is 403 g/mol. The molecule has 146 valence electrons. The van der Waals surface area contributed by atoms with Crippen LogP contribution in [0.5, 0.6) is 11.5 Å². The normalized spacial score (nSPS) is 11.9. The Morgan fingerprint density at radius 2 is 1.78 bits per heavy atom. The first kappa shape index (κ1) is 20.6. The van der Waals surface area contributed by atoms with Gasteiger partial charge in [0.15, 0.2) is 16.4 Å². The van der Waals surface area contributed by atoms with Crippen LogP contribution in [0.3, 0.4) is 0 Å². The summed E-state index contributed by atoms with van der Waals surface area (Å²) < 4.78 is 64.7. The summed E-state index contributed by atoms with van der Waals surface area (Å²) in [6.07, 6.45) is -4.47. The van der Waals surface area contributed by atoms with Crippen LogP contribution in [0, 0.1) is 0 Å². The summed E-state index contributed by atoms with van der Waals surface area (Å²) >= 11 is 0. The molecule has 0 spiro atoms. The lowest BCUT2D eigenvalue weighted by molar-refractivity contribution is -0.153. The molecule has 0 radical (unpaired) electrons. The molecule has 27 heavy (non-hydrogen) atoms. The number of hydrogen-bond donors (Lipinski definition) is 2. The predicted molar refractivity (Wildman–Crippen MR) is 91.8 cm³/mol. The van der Waals surface area contributed by atoms with Crippen molar-refractivity contribution in [2.75, 3.05) is 17.7 Å². The molecule has 0 saturated carbocycles. The first-order chi connectivity index (χ1) is 12.5. The number of aromatic hydroxyl groups is 1. The lowest BCUT2D eigenvalue weighted by Crippen LogP contribution is -2.19. The minimum absolute atomic E-state index is 0.0611. The number of alkyl halides is 3. The molecule has 10 heteroatoms. The van der Waals surface area contributed by atoms with E-state index in [1.165, 1.54) is 37.3 Å². The molecule has 0 aromatic heterocycles. The first-order valence-electron chi connectivity index (χ1n) is 7.68. The van der Waals surface area contributed by atoms with Gasteiger partial charge in [-0.1, -0.05) is 6.92 Å². The minimum Gasteiger partial charge on any atom is -0.506 e. The quantitative estimate of drug-likeness (QED) is 0.722. The highest BCUT2D eigenvalue weighted by atomic mass is 32.2. The number of phenolic OH excluding ortho intramolecular Hbond substituents is 1. The summed E-state index contributed by atoms with van der Waals surface area (Å²) in [4.78, 5) is 12.2. The van der Waals surface area contributed by atoms with Crippen molar-refractivity contribution in [1.82, 2.24) is 0 Å². The van der Waals surface area contributed by atoms with E-state index in [-0.39, 0.29) is 33.4 Å². The van der Waals surface area contributed by atoms with Gasteiger partial charge in [-0.15, -0.1) is 0 Å². The third-order valence-corrected chi connectivity index (χ3v) is 5.21. The Morgan fingerprint density at radius 1 is 1.15 bits per heavy atom. The molecule has 0 atom stereocenters. The lowest BCUT2D eigenvalue weighted by atomic mass is 10.2. The summed E-state index contributed by atoms with van der Waals surface area (Å²) in [5.74, 6) is -1.23. The van der Waals surface area contributed by atoms with Crippen molar-refractivity contribution >= 4 is 21.4 Å². The van der Waals surface area contributed by atoms with Crippen LogP contribution in [-0.2, 0) is 9.84 Å². The fourth-order valence-electron chi connectivity index (χ4n) is 2.04. The second-order valence-electron chi connectivity index (χ2n) is 5.46. The van der Waals surface area contributed by atoms with E-state index in [0.29, 0.717) is 0 Å². The Balaban J connectivity index is 2.14. The maximum Gasteiger partial charge on any atom is 0.422 e. The number of nitrogens with one attached hydrogen (secondary N) is 1. The van der Waals surface area contributed by atoms with Gasteiger partial charge in [0.1, 0.15) is 11.5 Å². The number of amides is 1. The molecule has 0 aliphatic carbocycles. The monoisotopic (exact) mass is 403 g/mol. The number of ether oxygens (including phenoxy) is 1. The third kappa shape index (κ3) is 5.61. The zero-order chi connectivity index (χ0) is 20.2. The maximum absolute atomic E-state index is 12.2. The van der Waals surface area contributed by atoms with Crippen LogP contribution in [0.4, 0.5) is 18.9 Å². The zero-order valence-electron chi connectivity index (χ0n) is 14.1. The molecular formula is C17H16F3NO5S. The maximum atomic E-state index is 12.2. The van der Waals surface area contributed by atoms with Gasteiger partial charge in [-0.05, 0) is 42.5 Å². The van der Waals surface area contributed by atoms with Gasteiger partial charge >= 0.3 is 6.18 Å². The molecular weight excluding hydrogens is 387 g/mol. The zero-order valence-corrected chi connectivity index (χ0v) is 14.9. The van der Waals surface area contributed by atoms with Gasteiger partial charge < -0.3 is 15.2 Å². The summed E-state index contributed by atoms with van der Waals surface area (Å²) in [6.45, 7) is 0.00790. The Labute approximate surface area is 153 Å². The molecule has 2 aromatic carbocycles. The van der Waals surface area contributed by atoms with Gasteiger partial charge in [0.05, 0.1) is 16.3 Å². The molecule has 0 bridgehead atoms. The van der Waals surface area contributed by atoms with E-state index in [1.54, 1.807) is 0 Å². The van der Waals surface area contributed by atoms with E-state index >= 15 is 0 Å². The van der Waals surface area contributed by atoms with E-state index < -0.39 is 28.5 Å². The van der Waals surface area contributed by atoms with Crippen molar-refractivity contribution < 1.29 is 36.2 Å². The Hall–Kier alpha value is -2.75. The van der Waals surface area contributed by atoms with Crippen molar-refractivity contribution in [1.29, 1.82) is 0 Å². The molecule has 0 fully saturated rings. The van der Waals surface area contributed by atoms with Crippen LogP contribution in [0.25, 0.3) is 0 Å². The number of rotatable bonds is 6. The van der Waals surface area contributed by atoms with E-state index in [2.05, 4.69) is 10.1 Å². The average Bonchev–Trinajstić information content (AvgIpc) is 2.61. The number of anilines is 1. The van der Waals surface area contributed by atoms with Crippen molar-refractivity contribution in [3.8, 4) is 11.5 Å². The Kier molecular flexibility index (Phi) is 5.99. The number of carbonyl (C=O) groups excluding carboxylic acids is 1. The highest BCUT2D eigenvalue weighted by molar-refractivity contribution is 7.91. The van der Waals surface area contributed by atoms with Crippen LogP contribution in [0.15, 0.2) is 47.4 Å². The molecule has 2 N–H and O–H groups in total. The van der Waals surface area contributed by atoms with Crippen molar-refractivity contribution in [3.05, 3.63) is 48.0 Å². The second kappa shape index (κ2) is 7.87. The van der Waals surface area contributed by atoms with E-state index in [0.717, 1.165) is 12.1 Å². The number of phenols is 1. The molecule has 0 heterocycles. The van der Waals surface area contributed by atoms with E-state index in [4.69, 9.17) is 0 Å². The number of carbonyl (C=O) groups is 1. The van der Waals surface area contributed by atoms with E-state index in [1.807, 2.05) is 0 Å². The van der Waals surface area contributed by atoms with Crippen molar-refractivity contribution in [3.63, 3.8) is 0 Å². The van der Waals surface area contributed by atoms with Crippen LogP contribution >= 0.6 is 0 Å². The second-order valence-corrected chi connectivity index (χ2v) is 7.74. The van der Waals surface area contributed by atoms with Crippen molar-refractivity contribution in [2.45, 2.75) is 18.0 Å². The SMILES string of the molecule is CCS(=O)(=O)c1ccc(O)c(NC(=O)c2ccc(OCC(F)(F)F)cc2)c1. The van der Waals surface area contributed by atoms with E-state index in [9.17, 15) is 31.5 Å². The third-order valence-electron chi connectivity index (χ3n) is 3.47. The predicted octanol–water partition coefficient (Wildman–Crippen LogP) is 3.38. The van der Waals surface area contributed by atoms with Gasteiger partial charge in [-0.25, -0.2) is 8.42 Å². The largest absolute Gasteiger partial charge is 0.506 e. The summed E-state index contributed by atoms with van der Waals surface area (Å²) in [7, 11) is -3.53. The molecule has 6 nitrogen and oxygen atoms in total. The fourth-order valence-corrected chi connectivity index (χ4v) is 2.94. The van der Waals surface area contributed by atoms with Crippen LogP contribution < -0.4 is 10.1 Å². The first-order valence-corrected chi connectivity index (χ1v) is 9.34. The number of halogens is 3. The van der Waals surface area contributed by atoms with Crippen molar-refractivity contribution in [2.24, 2.45) is 0 Å². The fraction of sp³-hybridized carbons (Fsp3) is 0.235. The molecule has 1 amide bonds. The number of sulfone groups is 1. The molecule has 0 aliphatic rings. The highest BCUT2D eigenvalue weighted by Crippen LogP contribution is 2.27. The summed E-state index contributed by atoms with van der Waals surface area (Å²) in [6, 6.07) is 8.36. The molecule has 0 unspecified atom stereocenters. The number of hydrogen-bond acceptors (Lipinski definition) is 5.